The van der Waals surface area contributed by atoms with E-state index in [4.69, 9.17) is 9.47 Å². The standard InChI is InChI=1S/C14H17N3O4S/c1-20-12-5-3-11(4-6-12)13-7-8-14(17-16-13)21-10-9-15-22(2,18)19/h3-8,15H,9-10H2,1-2H3. The molecule has 118 valence electrons. The van der Waals surface area contributed by atoms with E-state index in [0.717, 1.165) is 17.6 Å². The molecule has 7 nitrogen and oxygen atoms in total. The van der Waals surface area contributed by atoms with Crippen molar-refractivity contribution in [2.75, 3.05) is 26.5 Å². The van der Waals surface area contributed by atoms with Gasteiger partial charge in [0.15, 0.2) is 0 Å². The normalized spacial score (nSPS) is 11.2. The molecule has 0 aliphatic rings. The van der Waals surface area contributed by atoms with Crippen LogP contribution in [0.4, 0.5) is 0 Å². The number of hydrogen-bond acceptors (Lipinski definition) is 6. The van der Waals surface area contributed by atoms with Crippen molar-refractivity contribution in [1.82, 2.24) is 14.9 Å². The van der Waals surface area contributed by atoms with E-state index >= 15 is 0 Å². The van der Waals surface area contributed by atoms with Gasteiger partial charge in [-0.2, -0.15) is 0 Å². The highest BCUT2D eigenvalue weighted by Gasteiger charge is 2.03. The lowest BCUT2D eigenvalue weighted by Crippen LogP contribution is -2.27. The van der Waals surface area contributed by atoms with Gasteiger partial charge in [-0.1, -0.05) is 0 Å². The highest BCUT2D eigenvalue weighted by molar-refractivity contribution is 7.88. The summed E-state index contributed by atoms with van der Waals surface area (Å²) >= 11 is 0. The number of nitrogens with zero attached hydrogens (tertiary/aromatic N) is 2. The molecule has 1 N–H and O–H groups in total. The maximum absolute atomic E-state index is 10.9. The van der Waals surface area contributed by atoms with Crippen LogP contribution in [0.1, 0.15) is 0 Å². The van der Waals surface area contributed by atoms with Crippen molar-refractivity contribution in [3.05, 3.63) is 36.4 Å². The Bertz CT molecular complexity index is 700. The molecule has 0 radical (unpaired) electrons. The third-order valence-electron chi connectivity index (χ3n) is 2.74. The van der Waals surface area contributed by atoms with E-state index in [1.54, 1.807) is 19.2 Å². The minimum atomic E-state index is -3.20. The maximum Gasteiger partial charge on any atom is 0.233 e. The summed E-state index contributed by atoms with van der Waals surface area (Å²) in [6.07, 6.45) is 1.09. The van der Waals surface area contributed by atoms with Gasteiger partial charge >= 0.3 is 0 Å². The van der Waals surface area contributed by atoms with E-state index < -0.39 is 10.0 Å². The van der Waals surface area contributed by atoms with Gasteiger partial charge in [-0.15, -0.1) is 10.2 Å². The summed E-state index contributed by atoms with van der Waals surface area (Å²) in [5.74, 6) is 1.11. The molecule has 0 aliphatic carbocycles. The van der Waals surface area contributed by atoms with E-state index in [9.17, 15) is 8.42 Å². The van der Waals surface area contributed by atoms with Crippen LogP contribution in [0.3, 0.4) is 0 Å². The fraction of sp³-hybridized carbons (Fsp3) is 0.286. The zero-order chi connectivity index (χ0) is 16.0. The van der Waals surface area contributed by atoms with Crippen LogP contribution in [0.2, 0.25) is 0 Å². The summed E-state index contributed by atoms with van der Waals surface area (Å²) in [7, 11) is -1.59. The summed E-state index contributed by atoms with van der Waals surface area (Å²) in [6.45, 7) is 0.365. The van der Waals surface area contributed by atoms with Crippen molar-refractivity contribution in [3.63, 3.8) is 0 Å². The van der Waals surface area contributed by atoms with Crippen molar-refractivity contribution in [1.29, 1.82) is 0 Å². The topological polar surface area (TPSA) is 90.4 Å². The predicted octanol–water partition coefficient (Wildman–Crippen LogP) is 1.08. The van der Waals surface area contributed by atoms with Gasteiger partial charge in [-0.05, 0) is 30.3 Å². The molecule has 0 saturated heterocycles. The Kier molecular flexibility index (Phi) is 5.29. The molecule has 0 saturated carbocycles. The summed E-state index contributed by atoms with van der Waals surface area (Å²) in [6, 6.07) is 10.9. The Hall–Kier alpha value is -2.19. The van der Waals surface area contributed by atoms with Crippen LogP contribution >= 0.6 is 0 Å². The zero-order valence-corrected chi connectivity index (χ0v) is 13.1. The summed E-state index contributed by atoms with van der Waals surface area (Å²) in [5, 5.41) is 8.03. The van der Waals surface area contributed by atoms with Gasteiger partial charge in [0.1, 0.15) is 12.4 Å². The number of nitrogens with one attached hydrogen (secondary N) is 1. The number of benzene rings is 1. The monoisotopic (exact) mass is 323 g/mol. The Morgan fingerprint density at radius 2 is 1.82 bits per heavy atom. The van der Waals surface area contributed by atoms with Gasteiger partial charge in [-0.25, -0.2) is 13.1 Å². The first kappa shape index (κ1) is 16.2. The number of aromatic nitrogens is 2. The van der Waals surface area contributed by atoms with Crippen molar-refractivity contribution in [3.8, 4) is 22.9 Å². The average molecular weight is 323 g/mol. The van der Waals surface area contributed by atoms with Crippen molar-refractivity contribution >= 4 is 10.0 Å². The lowest BCUT2D eigenvalue weighted by molar-refractivity contribution is 0.307. The van der Waals surface area contributed by atoms with Gasteiger partial charge < -0.3 is 9.47 Å². The van der Waals surface area contributed by atoms with Crippen molar-refractivity contribution < 1.29 is 17.9 Å². The van der Waals surface area contributed by atoms with Crippen LogP contribution in [-0.4, -0.2) is 45.1 Å². The van der Waals surface area contributed by atoms with E-state index in [1.165, 1.54) is 0 Å². The molecule has 0 amide bonds. The van der Waals surface area contributed by atoms with Crippen molar-refractivity contribution in [2.45, 2.75) is 0 Å². The molecule has 0 atom stereocenters. The third kappa shape index (κ3) is 4.97. The molecule has 1 aromatic carbocycles. The van der Waals surface area contributed by atoms with Crippen LogP contribution in [-0.2, 0) is 10.0 Å². The number of sulfonamides is 1. The SMILES string of the molecule is COc1ccc(-c2ccc(OCCNS(C)(=O)=O)nn2)cc1. The molecule has 22 heavy (non-hydrogen) atoms. The molecular weight excluding hydrogens is 306 g/mol. The lowest BCUT2D eigenvalue weighted by atomic mass is 10.1. The molecule has 2 aromatic rings. The Morgan fingerprint density at radius 1 is 1.09 bits per heavy atom. The quantitative estimate of drug-likeness (QED) is 0.767. The minimum absolute atomic E-state index is 0.181. The second kappa shape index (κ2) is 7.19. The lowest BCUT2D eigenvalue weighted by Gasteiger charge is -2.06. The minimum Gasteiger partial charge on any atom is -0.497 e. The summed E-state index contributed by atoms with van der Waals surface area (Å²) < 4.78 is 34.5. The van der Waals surface area contributed by atoms with Gasteiger partial charge in [0.2, 0.25) is 15.9 Å². The van der Waals surface area contributed by atoms with Crippen LogP contribution in [0.5, 0.6) is 11.6 Å². The fourth-order valence-corrected chi connectivity index (χ4v) is 2.15. The first-order chi connectivity index (χ1) is 10.5. The van der Waals surface area contributed by atoms with Crippen LogP contribution in [0.25, 0.3) is 11.3 Å². The van der Waals surface area contributed by atoms with Gasteiger partial charge in [0.05, 0.1) is 19.1 Å². The molecule has 8 heteroatoms. The number of ether oxygens (including phenoxy) is 2. The van der Waals surface area contributed by atoms with E-state index in [2.05, 4.69) is 14.9 Å². The van der Waals surface area contributed by atoms with Gasteiger partial charge in [0, 0.05) is 18.2 Å². The Balaban J connectivity index is 1.92. The second-order valence-corrected chi connectivity index (χ2v) is 6.33. The van der Waals surface area contributed by atoms with Crippen LogP contribution in [0.15, 0.2) is 36.4 Å². The van der Waals surface area contributed by atoms with Crippen LogP contribution in [0, 0.1) is 0 Å². The first-order valence-electron chi connectivity index (χ1n) is 6.53. The highest BCUT2D eigenvalue weighted by atomic mass is 32.2. The largest absolute Gasteiger partial charge is 0.497 e. The molecule has 0 fully saturated rings. The number of rotatable bonds is 7. The molecule has 0 aliphatic heterocycles. The zero-order valence-electron chi connectivity index (χ0n) is 12.3. The molecule has 0 bridgehead atoms. The Labute approximate surface area is 129 Å². The Morgan fingerprint density at radius 3 is 2.36 bits per heavy atom. The third-order valence-corrected chi connectivity index (χ3v) is 3.47. The fourth-order valence-electron chi connectivity index (χ4n) is 1.70. The summed E-state index contributed by atoms with van der Waals surface area (Å²) in [4.78, 5) is 0. The average Bonchev–Trinajstić information content (AvgIpc) is 2.51. The highest BCUT2D eigenvalue weighted by Crippen LogP contribution is 2.20. The van der Waals surface area contributed by atoms with Crippen LogP contribution < -0.4 is 14.2 Å². The van der Waals surface area contributed by atoms with E-state index in [-0.39, 0.29) is 13.2 Å². The molecule has 0 spiro atoms. The molecular formula is C14H17N3O4S. The predicted molar refractivity (Wildman–Crippen MR) is 82.4 cm³/mol. The van der Waals surface area contributed by atoms with Crippen molar-refractivity contribution in [2.24, 2.45) is 0 Å². The van der Waals surface area contributed by atoms with Gasteiger partial charge in [0.25, 0.3) is 0 Å². The molecule has 0 unspecified atom stereocenters. The summed E-state index contributed by atoms with van der Waals surface area (Å²) in [5.41, 5.74) is 1.63. The smallest absolute Gasteiger partial charge is 0.233 e. The number of methoxy groups -OCH3 is 1. The number of hydrogen-bond donors (Lipinski definition) is 1. The molecule has 2 rings (SSSR count). The van der Waals surface area contributed by atoms with Gasteiger partial charge in [-0.3, -0.25) is 0 Å². The van der Waals surface area contributed by atoms with E-state index in [1.807, 2.05) is 24.3 Å². The second-order valence-electron chi connectivity index (χ2n) is 4.50. The molecule has 1 heterocycles. The molecule has 1 aromatic heterocycles. The maximum atomic E-state index is 10.9. The first-order valence-corrected chi connectivity index (χ1v) is 8.43. The van der Waals surface area contributed by atoms with E-state index in [0.29, 0.717) is 11.6 Å².